The summed E-state index contributed by atoms with van der Waals surface area (Å²) in [7, 11) is 0. The summed E-state index contributed by atoms with van der Waals surface area (Å²) in [5.74, 6) is 0.850. The molecule has 116 valence electrons. The molecular formula is C18H28N2O. The molecule has 1 aromatic carbocycles. The smallest absolute Gasteiger partial charge is 0.223 e. The summed E-state index contributed by atoms with van der Waals surface area (Å²) in [5, 5.41) is 0. The second-order valence-electron chi connectivity index (χ2n) is 6.32. The standard InChI is InChI=1S/C18H28N2O/c1-14(11-12-19)9-10-18(21)20-13-5-8-17(20)16-7-4-3-6-15(16)2/h3-4,6-7,14,17H,5,8-13,19H2,1-2H3. The highest BCUT2D eigenvalue weighted by molar-refractivity contribution is 5.77. The van der Waals surface area contributed by atoms with Gasteiger partial charge in [-0.15, -0.1) is 0 Å². The molecule has 1 saturated heterocycles. The predicted octanol–water partition coefficient (Wildman–Crippen LogP) is 3.42. The molecule has 2 N–H and O–H groups in total. The number of hydrogen-bond acceptors (Lipinski definition) is 2. The molecule has 0 aromatic heterocycles. The number of likely N-dealkylation sites (tertiary alicyclic amines) is 1. The van der Waals surface area contributed by atoms with E-state index in [1.54, 1.807) is 0 Å². The molecule has 1 aliphatic rings. The lowest BCUT2D eigenvalue weighted by molar-refractivity contribution is -0.132. The second-order valence-corrected chi connectivity index (χ2v) is 6.32. The first-order chi connectivity index (χ1) is 10.1. The average Bonchev–Trinajstić information content (AvgIpc) is 2.95. The first-order valence-corrected chi connectivity index (χ1v) is 8.18. The van der Waals surface area contributed by atoms with Crippen molar-refractivity contribution in [1.29, 1.82) is 0 Å². The van der Waals surface area contributed by atoms with Crippen LogP contribution in [0.3, 0.4) is 0 Å². The SMILES string of the molecule is Cc1ccccc1C1CCCN1C(=O)CCC(C)CCN. The minimum absolute atomic E-state index is 0.281. The van der Waals surface area contributed by atoms with Gasteiger partial charge >= 0.3 is 0 Å². The molecule has 3 nitrogen and oxygen atoms in total. The van der Waals surface area contributed by atoms with Gasteiger partial charge in [0.15, 0.2) is 0 Å². The maximum atomic E-state index is 12.5. The normalized spacial score (nSPS) is 19.8. The van der Waals surface area contributed by atoms with Crippen molar-refractivity contribution in [3.63, 3.8) is 0 Å². The summed E-state index contributed by atoms with van der Waals surface area (Å²) >= 11 is 0. The van der Waals surface area contributed by atoms with Crippen LogP contribution in [0.25, 0.3) is 0 Å². The lowest BCUT2D eigenvalue weighted by Crippen LogP contribution is -2.31. The van der Waals surface area contributed by atoms with Gasteiger partial charge < -0.3 is 10.6 Å². The maximum absolute atomic E-state index is 12.5. The zero-order chi connectivity index (χ0) is 15.2. The molecule has 1 aliphatic heterocycles. The Morgan fingerprint density at radius 2 is 2.14 bits per heavy atom. The number of nitrogens with zero attached hydrogens (tertiary/aromatic N) is 1. The van der Waals surface area contributed by atoms with Crippen LogP contribution in [0.4, 0.5) is 0 Å². The Balaban J connectivity index is 1.98. The molecule has 3 heteroatoms. The molecule has 1 heterocycles. The molecule has 1 amide bonds. The predicted molar refractivity (Wildman–Crippen MR) is 86.9 cm³/mol. The summed E-state index contributed by atoms with van der Waals surface area (Å²) < 4.78 is 0. The quantitative estimate of drug-likeness (QED) is 0.871. The monoisotopic (exact) mass is 288 g/mol. The number of aryl methyl sites for hydroxylation is 1. The molecule has 1 fully saturated rings. The summed E-state index contributed by atoms with van der Waals surface area (Å²) in [5.41, 5.74) is 8.19. The van der Waals surface area contributed by atoms with Crippen molar-refractivity contribution in [2.75, 3.05) is 13.1 Å². The van der Waals surface area contributed by atoms with Gasteiger partial charge in [-0.1, -0.05) is 31.2 Å². The van der Waals surface area contributed by atoms with Crippen LogP contribution in [-0.4, -0.2) is 23.9 Å². The van der Waals surface area contributed by atoms with Gasteiger partial charge in [0.05, 0.1) is 6.04 Å². The fraction of sp³-hybridized carbons (Fsp3) is 0.611. The third kappa shape index (κ3) is 4.07. The van der Waals surface area contributed by atoms with E-state index in [9.17, 15) is 4.79 Å². The fourth-order valence-electron chi connectivity index (χ4n) is 3.29. The van der Waals surface area contributed by atoms with Crippen LogP contribution in [0, 0.1) is 12.8 Å². The van der Waals surface area contributed by atoms with Gasteiger partial charge in [-0.05, 0) is 56.2 Å². The number of nitrogens with two attached hydrogens (primary N) is 1. The van der Waals surface area contributed by atoms with E-state index in [1.165, 1.54) is 11.1 Å². The molecule has 0 saturated carbocycles. The van der Waals surface area contributed by atoms with Crippen LogP contribution < -0.4 is 5.73 Å². The molecule has 2 rings (SSSR count). The minimum Gasteiger partial charge on any atom is -0.336 e. The van der Waals surface area contributed by atoms with Crippen molar-refractivity contribution in [3.05, 3.63) is 35.4 Å². The Morgan fingerprint density at radius 1 is 1.38 bits per heavy atom. The van der Waals surface area contributed by atoms with Crippen LogP contribution >= 0.6 is 0 Å². The van der Waals surface area contributed by atoms with Crippen molar-refractivity contribution in [3.8, 4) is 0 Å². The zero-order valence-electron chi connectivity index (χ0n) is 13.3. The Bertz CT molecular complexity index is 472. The Kier molecular flexibility index (Phi) is 5.80. The highest BCUT2D eigenvalue weighted by Gasteiger charge is 2.30. The Hall–Kier alpha value is -1.35. The van der Waals surface area contributed by atoms with E-state index in [0.29, 0.717) is 24.8 Å². The van der Waals surface area contributed by atoms with Crippen molar-refractivity contribution in [2.45, 2.75) is 52.0 Å². The van der Waals surface area contributed by atoms with Crippen molar-refractivity contribution < 1.29 is 4.79 Å². The third-order valence-corrected chi connectivity index (χ3v) is 4.63. The molecule has 2 unspecified atom stereocenters. The first-order valence-electron chi connectivity index (χ1n) is 8.18. The topological polar surface area (TPSA) is 46.3 Å². The third-order valence-electron chi connectivity index (χ3n) is 4.63. The molecule has 0 bridgehead atoms. The fourth-order valence-corrected chi connectivity index (χ4v) is 3.29. The van der Waals surface area contributed by atoms with Gasteiger partial charge in [-0.3, -0.25) is 4.79 Å². The maximum Gasteiger partial charge on any atom is 0.223 e. The van der Waals surface area contributed by atoms with Gasteiger partial charge in [0.1, 0.15) is 0 Å². The van der Waals surface area contributed by atoms with Crippen LogP contribution in [0.15, 0.2) is 24.3 Å². The summed E-state index contributed by atoms with van der Waals surface area (Å²) in [6, 6.07) is 8.73. The number of carbonyl (C=O) groups excluding carboxylic acids is 1. The first kappa shape index (κ1) is 16.0. The van der Waals surface area contributed by atoms with E-state index >= 15 is 0 Å². The molecular weight excluding hydrogens is 260 g/mol. The zero-order valence-corrected chi connectivity index (χ0v) is 13.3. The summed E-state index contributed by atoms with van der Waals surface area (Å²) in [4.78, 5) is 14.6. The van der Waals surface area contributed by atoms with Crippen LogP contribution in [0.1, 0.15) is 56.2 Å². The number of benzene rings is 1. The van der Waals surface area contributed by atoms with E-state index in [1.807, 2.05) is 0 Å². The van der Waals surface area contributed by atoms with Crippen molar-refractivity contribution in [1.82, 2.24) is 4.90 Å². The minimum atomic E-state index is 0.281. The lowest BCUT2D eigenvalue weighted by Gasteiger charge is -2.27. The largest absolute Gasteiger partial charge is 0.336 e. The van der Waals surface area contributed by atoms with Gasteiger partial charge in [-0.2, -0.15) is 0 Å². The van der Waals surface area contributed by atoms with Gasteiger partial charge in [0.2, 0.25) is 5.91 Å². The van der Waals surface area contributed by atoms with Crippen LogP contribution in [0.5, 0.6) is 0 Å². The number of amides is 1. The number of hydrogen-bond donors (Lipinski definition) is 1. The van der Waals surface area contributed by atoms with Crippen LogP contribution in [0.2, 0.25) is 0 Å². The summed E-state index contributed by atoms with van der Waals surface area (Å²) in [6.45, 7) is 5.94. The van der Waals surface area contributed by atoms with E-state index in [4.69, 9.17) is 5.73 Å². The molecule has 0 radical (unpaired) electrons. The molecule has 1 aromatic rings. The molecule has 0 aliphatic carbocycles. The highest BCUT2D eigenvalue weighted by Crippen LogP contribution is 2.34. The van der Waals surface area contributed by atoms with Crippen molar-refractivity contribution in [2.24, 2.45) is 11.7 Å². The van der Waals surface area contributed by atoms with E-state index < -0.39 is 0 Å². The number of carbonyl (C=O) groups is 1. The molecule has 21 heavy (non-hydrogen) atoms. The van der Waals surface area contributed by atoms with E-state index in [0.717, 1.165) is 32.2 Å². The second kappa shape index (κ2) is 7.60. The van der Waals surface area contributed by atoms with Crippen LogP contribution in [-0.2, 0) is 4.79 Å². The highest BCUT2D eigenvalue weighted by atomic mass is 16.2. The Labute approximate surface area is 128 Å². The molecule has 0 spiro atoms. The Morgan fingerprint density at radius 3 is 2.86 bits per heavy atom. The van der Waals surface area contributed by atoms with E-state index in [2.05, 4.69) is 43.0 Å². The average molecular weight is 288 g/mol. The van der Waals surface area contributed by atoms with E-state index in [-0.39, 0.29) is 6.04 Å². The van der Waals surface area contributed by atoms with Gasteiger partial charge in [0.25, 0.3) is 0 Å². The lowest BCUT2D eigenvalue weighted by atomic mass is 9.98. The van der Waals surface area contributed by atoms with Crippen molar-refractivity contribution >= 4 is 5.91 Å². The van der Waals surface area contributed by atoms with Gasteiger partial charge in [0, 0.05) is 13.0 Å². The molecule has 2 atom stereocenters. The summed E-state index contributed by atoms with van der Waals surface area (Å²) in [6.07, 6.45) is 4.82. The van der Waals surface area contributed by atoms with Gasteiger partial charge in [-0.25, -0.2) is 0 Å². The number of rotatable bonds is 6.